The molecule has 0 unspecified atom stereocenters. The topological polar surface area (TPSA) is 146 Å². The number of hydrogen-bond donors (Lipinski definition) is 5. The van der Waals surface area contributed by atoms with E-state index in [1.54, 1.807) is 45.0 Å². The average molecular weight is 705 g/mol. The number of amides is 4. The molecule has 0 radical (unpaired) electrons. The molecule has 4 aromatic rings. The Kier molecular flexibility index (Phi) is 12.8. The summed E-state index contributed by atoms with van der Waals surface area (Å²) in [6, 6.07) is 30.5. The molecule has 0 heterocycles. The minimum atomic E-state index is -0.949. The lowest BCUT2D eigenvalue weighted by molar-refractivity contribution is -0.131. The first-order valence-corrected chi connectivity index (χ1v) is 17.8. The Hall–Kier alpha value is -5.48. The second kappa shape index (κ2) is 17.6. The summed E-state index contributed by atoms with van der Waals surface area (Å²) in [7, 11) is 0. The normalized spacial score (nSPS) is 13.2. The lowest BCUT2D eigenvalue weighted by Gasteiger charge is -2.24. The van der Waals surface area contributed by atoms with Gasteiger partial charge in [0.25, 0.3) is 0 Å². The number of unbranched alkanes of at least 4 members (excludes halogenated alkanes) is 1. The van der Waals surface area contributed by atoms with E-state index >= 15 is 0 Å². The van der Waals surface area contributed by atoms with Gasteiger partial charge in [0.2, 0.25) is 17.7 Å². The number of ether oxygens (including phenoxy) is 1. The molecule has 0 saturated heterocycles. The smallest absolute Gasteiger partial charge is 0.407 e. The van der Waals surface area contributed by atoms with Crippen molar-refractivity contribution in [3.8, 4) is 11.1 Å². The first-order chi connectivity index (χ1) is 25.0. The maximum Gasteiger partial charge on any atom is 0.407 e. The van der Waals surface area contributed by atoms with Gasteiger partial charge in [0.05, 0.1) is 6.61 Å². The number of nitrogens with one attached hydrogen (secondary N) is 4. The van der Waals surface area contributed by atoms with Crippen molar-refractivity contribution in [2.45, 2.75) is 83.1 Å². The lowest BCUT2D eigenvalue weighted by atomic mass is 9.93. The molecule has 0 aliphatic heterocycles. The van der Waals surface area contributed by atoms with Crippen LogP contribution in [0.25, 0.3) is 11.1 Å². The number of rotatable bonds is 15. The Morgan fingerprint density at radius 2 is 1.33 bits per heavy atom. The fourth-order valence-electron chi connectivity index (χ4n) is 6.42. The molecule has 5 rings (SSSR count). The molecule has 0 aromatic heterocycles. The van der Waals surface area contributed by atoms with Crippen LogP contribution in [0.3, 0.4) is 0 Å². The van der Waals surface area contributed by atoms with Gasteiger partial charge in [0.1, 0.15) is 17.7 Å². The highest BCUT2D eigenvalue weighted by Crippen LogP contribution is 2.46. The molecule has 0 fully saturated rings. The van der Waals surface area contributed by atoms with Gasteiger partial charge in [-0.1, -0.05) is 91.0 Å². The molecule has 0 spiro atoms. The molecule has 52 heavy (non-hydrogen) atoms. The van der Waals surface area contributed by atoms with Crippen LogP contribution in [-0.2, 0) is 32.1 Å². The van der Waals surface area contributed by atoms with Gasteiger partial charge in [0, 0.05) is 31.0 Å². The number of aliphatic hydroxyl groups excluding tert-OH is 1. The molecule has 2 atom stereocenters. The Morgan fingerprint density at radius 1 is 0.712 bits per heavy atom. The molecular weight excluding hydrogens is 656 g/mol. The number of benzene rings is 4. The minimum absolute atomic E-state index is 0.126. The van der Waals surface area contributed by atoms with Crippen molar-refractivity contribution in [3.05, 3.63) is 125 Å². The molecule has 272 valence electrons. The average Bonchev–Trinajstić information content (AvgIpc) is 3.43. The SMILES string of the molecule is CC(C)(C)OC(=O)NCCCC[C@H](NC(=O)[C@H](Cc1ccccc1)NC(=O)CC1c2ccccc2-c2ccccc21)C(=O)Nc1ccc(CO)cc1. The number of alkyl carbamates (subject to hydrolysis) is 1. The summed E-state index contributed by atoms with van der Waals surface area (Å²) in [5, 5.41) is 20.9. The van der Waals surface area contributed by atoms with Gasteiger partial charge in [-0.2, -0.15) is 0 Å². The first kappa shape index (κ1) is 37.8. The summed E-state index contributed by atoms with van der Waals surface area (Å²) in [5.41, 5.74) is 5.82. The van der Waals surface area contributed by atoms with E-state index < -0.39 is 35.6 Å². The molecule has 10 heteroatoms. The number of aliphatic hydroxyl groups is 1. The van der Waals surface area contributed by atoms with Crippen LogP contribution >= 0.6 is 0 Å². The van der Waals surface area contributed by atoms with Gasteiger partial charge in [-0.25, -0.2) is 4.79 Å². The van der Waals surface area contributed by atoms with E-state index in [4.69, 9.17) is 4.74 Å². The zero-order chi connectivity index (χ0) is 37.1. The Morgan fingerprint density at radius 3 is 1.94 bits per heavy atom. The van der Waals surface area contributed by atoms with Crippen LogP contribution in [0.5, 0.6) is 0 Å². The quantitative estimate of drug-likeness (QED) is 0.0929. The fourth-order valence-corrected chi connectivity index (χ4v) is 6.42. The van der Waals surface area contributed by atoms with Crippen LogP contribution in [0.2, 0.25) is 0 Å². The summed E-state index contributed by atoms with van der Waals surface area (Å²) in [4.78, 5) is 53.6. The summed E-state index contributed by atoms with van der Waals surface area (Å²) >= 11 is 0. The fraction of sp³-hybridized carbons (Fsp3) is 0.333. The second-order valence-corrected chi connectivity index (χ2v) is 14.1. The van der Waals surface area contributed by atoms with Gasteiger partial charge in [-0.05, 0) is 85.5 Å². The molecular formula is C42H48N4O6. The maximum atomic E-state index is 14.1. The van der Waals surface area contributed by atoms with Crippen LogP contribution in [0.4, 0.5) is 10.5 Å². The van der Waals surface area contributed by atoms with Crippen molar-refractivity contribution in [2.75, 3.05) is 11.9 Å². The van der Waals surface area contributed by atoms with Crippen LogP contribution in [-0.4, -0.2) is 53.2 Å². The van der Waals surface area contributed by atoms with E-state index in [9.17, 15) is 24.3 Å². The zero-order valence-corrected chi connectivity index (χ0v) is 30.0. The van der Waals surface area contributed by atoms with Crippen molar-refractivity contribution in [1.29, 1.82) is 0 Å². The monoisotopic (exact) mass is 704 g/mol. The molecule has 0 saturated carbocycles. The van der Waals surface area contributed by atoms with Gasteiger partial charge >= 0.3 is 6.09 Å². The van der Waals surface area contributed by atoms with Crippen molar-refractivity contribution in [1.82, 2.24) is 16.0 Å². The predicted molar refractivity (Wildman–Crippen MR) is 201 cm³/mol. The predicted octanol–water partition coefficient (Wildman–Crippen LogP) is 6.23. The molecule has 4 amide bonds. The number of fused-ring (bicyclic) bond motifs is 3. The molecule has 10 nitrogen and oxygen atoms in total. The van der Waals surface area contributed by atoms with Crippen molar-refractivity contribution in [2.24, 2.45) is 0 Å². The molecule has 0 bridgehead atoms. The molecule has 5 N–H and O–H groups in total. The van der Waals surface area contributed by atoms with Crippen molar-refractivity contribution in [3.63, 3.8) is 0 Å². The highest BCUT2D eigenvalue weighted by atomic mass is 16.6. The molecule has 1 aliphatic carbocycles. The number of carbonyl (C=O) groups is 4. The van der Waals surface area contributed by atoms with E-state index in [0.717, 1.165) is 27.8 Å². The van der Waals surface area contributed by atoms with Crippen LogP contribution in [0.1, 0.15) is 74.6 Å². The van der Waals surface area contributed by atoms with Gasteiger partial charge in [0.15, 0.2) is 0 Å². The Labute approximate surface area is 305 Å². The summed E-state index contributed by atoms with van der Waals surface area (Å²) in [6.45, 7) is 5.57. The first-order valence-electron chi connectivity index (χ1n) is 17.8. The van der Waals surface area contributed by atoms with E-state index in [0.29, 0.717) is 30.6 Å². The summed E-state index contributed by atoms with van der Waals surface area (Å²) in [5.74, 6) is -1.33. The number of hydrogen-bond acceptors (Lipinski definition) is 6. The van der Waals surface area contributed by atoms with Gasteiger partial charge in [-0.3, -0.25) is 14.4 Å². The van der Waals surface area contributed by atoms with Crippen LogP contribution in [0.15, 0.2) is 103 Å². The highest BCUT2D eigenvalue weighted by Gasteiger charge is 2.32. The van der Waals surface area contributed by atoms with Crippen molar-refractivity contribution >= 4 is 29.5 Å². The Balaban J connectivity index is 1.29. The third kappa shape index (κ3) is 10.5. The van der Waals surface area contributed by atoms with E-state index in [1.165, 1.54) is 0 Å². The second-order valence-electron chi connectivity index (χ2n) is 14.1. The van der Waals surface area contributed by atoms with Crippen LogP contribution < -0.4 is 21.3 Å². The van der Waals surface area contributed by atoms with Gasteiger partial charge < -0.3 is 31.1 Å². The van der Waals surface area contributed by atoms with E-state index in [1.807, 2.05) is 66.7 Å². The zero-order valence-electron chi connectivity index (χ0n) is 30.0. The van der Waals surface area contributed by atoms with Crippen LogP contribution in [0, 0.1) is 0 Å². The largest absolute Gasteiger partial charge is 0.444 e. The lowest BCUT2D eigenvalue weighted by Crippen LogP contribution is -2.53. The van der Waals surface area contributed by atoms with E-state index in [2.05, 4.69) is 33.4 Å². The van der Waals surface area contributed by atoms with Crippen molar-refractivity contribution < 1.29 is 29.0 Å². The number of carbonyl (C=O) groups excluding carboxylic acids is 4. The van der Waals surface area contributed by atoms with Gasteiger partial charge in [-0.15, -0.1) is 0 Å². The number of anilines is 1. The summed E-state index contributed by atoms with van der Waals surface area (Å²) < 4.78 is 5.30. The maximum absolute atomic E-state index is 14.1. The van der Waals surface area contributed by atoms with E-state index in [-0.39, 0.29) is 37.7 Å². The third-order valence-electron chi connectivity index (χ3n) is 8.91. The molecule has 4 aromatic carbocycles. The Bertz CT molecular complexity index is 1790. The third-order valence-corrected chi connectivity index (χ3v) is 8.91. The summed E-state index contributed by atoms with van der Waals surface area (Å²) in [6.07, 6.45) is 1.19. The standard InChI is InChI=1S/C42H48N4O6/c1-42(2,3)52-41(51)43-24-12-11-19-36(39(49)44-30-22-20-29(27-47)21-23-30)46-40(50)37(25-28-13-5-4-6-14-28)45-38(48)26-35-33-17-9-7-15-31(33)32-16-8-10-18-34(32)35/h4-10,13-18,20-23,35-37,47H,11-12,19,24-27H2,1-3H3,(H,43,51)(H,44,49)(H,45,48)(H,46,50)/t36-,37-/m0/s1. The highest BCUT2D eigenvalue weighted by molar-refractivity contribution is 5.98. The minimum Gasteiger partial charge on any atom is -0.444 e. The molecule has 1 aliphatic rings.